The molecule has 0 aliphatic carbocycles. The number of nitrogens with zero attached hydrogens (tertiary/aromatic N) is 5. The number of nitrogens with one attached hydrogen (secondary N) is 1. The van der Waals surface area contributed by atoms with Gasteiger partial charge in [0.1, 0.15) is 5.69 Å². The minimum Gasteiger partial charge on any atom is -0.342 e. The Balaban J connectivity index is 2.39. The molecule has 0 unspecified atom stereocenters. The van der Waals surface area contributed by atoms with Crippen LogP contribution in [0.3, 0.4) is 0 Å². The van der Waals surface area contributed by atoms with Crippen LogP contribution in [0, 0.1) is 10.1 Å². The maximum Gasteiger partial charge on any atom is 0.329 e. The fourth-order valence-corrected chi connectivity index (χ4v) is 1.40. The minimum atomic E-state index is -0.647. The zero-order chi connectivity index (χ0) is 14.7. The summed E-state index contributed by atoms with van der Waals surface area (Å²) in [6.07, 6.45) is 1.46. The van der Waals surface area contributed by atoms with Crippen LogP contribution in [0.25, 0.3) is 11.4 Å². The lowest BCUT2D eigenvalue weighted by Crippen LogP contribution is -2.09. The molecule has 0 fully saturated rings. The van der Waals surface area contributed by atoms with E-state index in [9.17, 15) is 14.9 Å². The number of hydrogen-bond donors (Lipinski definition) is 1. The third-order valence-corrected chi connectivity index (χ3v) is 2.22. The Labute approximate surface area is 112 Å². The molecule has 2 aromatic rings. The summed E-state index contributed by atoms with van der Waals surface area (Å²) in [5.74, 6) is -0.834. The van der Waals surface area contributed by atoms with E-state index in [1.54, 1.807) is 7.05 Å². The number of aryl methyl sites for hydroxylation is 1. The summed E-state index contributed by atoms with van der Waals surface area (Å²) in [5, 5.41) is 18.8. The Bertz CT molecular complexity index is 668. The number of rotatable bonds is 4. The van der Waals surface area contributed by atoms with E-state index in [1.807, 2.05) is 0 Å². The summed E-state index contributed by atoms with van der Waals surface area (Å²) in [6, 6.07) is 2.67. The van der Waals surface area contributed by atoms with Gasteiger partial charge in [-0.25, -0.2) is 4.98 Å². The van der Waals surface area contributed by atoms with Crippen molar-refractivity contribution in [3.05, 3.63) is 28.4 Å². The highest BCUT2D eigenvalue weighted by molar-refractivity contribution is 5.69. The molecule has 2 aromatic heterocycles. The van der Waals surface area contributed by atoms with E-state index in [1.165, 1.54) is 23.1 Å². The first kappa shape index (κ1) is 13.4. The Morgan fingerprint density at radius 1 is 1.45 bits per heavy atom. The Kier molecular flexibility index (Phi) is 3.55. The fraction of sp³-hybridized carbons (Fsp3) is 0.200. The standard InChI is InChI=1S/C10H10N6O4/c1-6(17)20-14-10-9(16(18)19)4-3-7(12-10)8-5-11-15(2)13-8/h3-5H,1-2H3,(H,12,14). The maximum atomic E-state index is 10.9. The molecule has 0 aliphatic heterocycles. The predicted octanol–water partition coefficient (Wildman–Crippen LogP) is 0.675. The topological polar surface area (TPSA) is 125 Å². The number of hydrogen-bond acceptors (Lipinski definition) is 8. The van der Waals surface area contributed by atoms with Crippen LogP contribution in [-0.4, -0.2) is 30.9 Å². The van der Waals surface area contributed by atoms with Crippen LogP contribution in [0.4, 0.5) is 11.5 Å². The lowest BCUT2D eigenvalue weighted by Gasteiger charge is -2.05. The third kappa shape index (κ3) is 2.85. The quantitative estimate of drug-likeness (QED) is 0.639. The third-order valence-electron chi connectivity index (χ3n) is 2.22. The van der Waals surface area contributed by atoms with Gasteiger partial charge in [0.15, 0.2) is 0 Å². The second kappa shape index (κ2) is 5.30. The van der Waals surface area contributed by atoms with Crippen molar-refractivity contribution in [3.63, 3.8) is 0 Å². The van der Waals surface area contributed by atoms with Crippen molar-refractivity contribution in [1.82, 2.24) is 20.0 Å². The van der Waals surface area contributed by atoms with Gasteiger partial charge in [-0.05, 0) is 6.07 Å². The van der Waals surface area contributed by atoms with E-state index in [2.05, 4.69) is 25.5 Å². The first-order valence-electron chi connectivity index (χ1n) is 5.43. The molecule has 0 saturated carbocycles. The second-order valence-electron chi connectivity index (χ2n) is 3.74. The summed E-state index contributed by atoms with van der Waals surface area (Å²) in [4.78, 5) is 30.8. The van der Waals surface area contributed by atoms with Gasteiger partial charge in [0.05, 0.1) is 16.8 Å². The Morgan fingerprint density at radius 3 is 2.75 bits per heavy atom. The van der Waals surface area contributed by atoms with E-state index in [-0.39, 0.29) is 11.5 Å². The highest BCUT2D eigenvalue weighted by atomic mass is 16.7. The maximum absolute atomic E-state index is 10.9. The molecular formula is C10H10N6O4. The van der Waals surface area contributed by atoms with Crippen molar-refractivity contribution in [2.24, 2.45) is 7.05 Å². The molecule has 0 aliphatic rings. The average molecular weight is 278 g/mol. The van der Waals surface area contributed by atoms with E-state index < -0.39 is 10.9 Å². The van der Waals surface area contributed by atoms with Crippen LogP contribution < -0.4 is 5.48 Å². The van der Waals surface area contributed by atoms with E-state index in [4.69, 9.17) is 0 Å². The van der Waals surface area contributed by atoms with Crippen molar-refractivity contribution >= 4 is 17.5 Å². The number of aromatic nitrogens is 4. The van der Waals surface area contributed by atoms with Crippen LogP contribution >= 0.6 is 0 Å². The number of anilines is 1. The molecule has 0 saturated heterocycles. The monoisotopic (exact) mass is 278 g/mol. The van der Waals surface area contributed by atoms with Crippen molar-refractivity contribution in [2.45, 2.75) is 6.92 Å². The summed E-state index contributed by atoms with van der Waals surface area (Å²) in [6.45, 7) is 1.16. The van der Waals surface area contributed by atoms with Crippen molar-refractivity contribution < 1.29 is 14.6 Å². The van der Waals surface area contributed by atoms with E-state index in [0.29, 0.717) is 11.4 Å². The van der Waals surface area contributed by atoms with E-state index in [0.717, 1.165) is 6.92 Å². The molecule has 2 heterocycles. The minimum absolute atomic E-state index is 0.187. The first-order valence-corrected chi connectivity index (χ1v) is 5.43. The highest BCUT2D eigenvalue weighted by Gasteiger charge is 2.18. The molecule has 2 rings (SSSR count). The zero-order valence-corrected chi connectivity index (χ0v) is 10.6. The molecule has 0 radical (unpaired) electrons. The SMILES string of the molecule is CC(=O)ONc1nc(-c2cnn(C)n2)ccc1[N+](=O)[O-]. The average Bonchev–Trinajstić information content (AvgIpc) is 2.82. The molecule has 0 atom stereocenters. The smallest absolute Gasteiger partial charge is 0.329 e. The molecular weight excluding hydrogens is 268 g/mol. The van der Waals surface area contributed by atoms with Gasteiger partial charge in [-0.15, -0.1) is 0 Å². The predicted molar refractivity (Wildman–Crippen MR) is 66.3 cm³/mol. The van der Waals surface area contributed by atoms with Gasteiger partial charge in [-0.2, -0.15) is 20.5 Å². The molecule has 104 valence electrons. The van der Waals surface area contributed by atoms with Gasteiger partial charge in [0, 0.05) is 20.0 Å². The van der Waals surface area contributed by atoms with Crippen molar-refractivity contribution in [2.75, 3.05) is 5.48 Å². The van der Waals surface area contributed by atoms with Gasteiger partial charge >= 0.3 is 11.7 Å². The normalized spacial score (nSPS) is 10.1. The number of pyridine rings is 1. The van der Waals surface area contributed by atoms with Crippen LogP contribution in [-0.2, 0) is 16.7 Å². The molecule has 1 N–H and O–H groups in total. The lowest BCUT2D eigenvalue weighted by molar-refractivity contribution is -0.384. The number of nitro groups is 1. The molecule has 0 spiro atoms. The molecule has 10 nitrogen and oxygen atoms in total. The first-order chi connectivity index (χ1) is 9.47. The Morgan fingerprint density at radius 2 is 2.20 bits per heavy atom. The van der Waals surface area contributed by atoms with Gasteiger partial charge in [-0.1, -0.05) is 0 Å². The highest BCUT2D eigenvalue weighted by Crippen LogP contribution is 2.25. The Hall–Kier alpha value is -3.04. The number of carbonyl (C=O) groups is 1. The van der Waals surface area contributed by atoms with Crippen LogP contribution in [0.1, 0.15) is 6.92 Å². The second-order valence-corrected chi connectivity index (χ2v) is 3.74. The fourth-order valence-electron chi connectivity index (χ4n) is 1.40. The summed E-state index contributed by atoms with van der Waals surface area (Å²) >= 11 is 0. The van der Waals surface area contributed by atoms with Crippen LogP contribution in [0.5, 0.6) is 0 Å². The molecule has 0 bridgehead atoms. The van der Waals surface area contributed by atoms with Crippen LogP contribution in [0.15, 0.2) is 18.3 Å². The zero-order valence-electron chi connectivity index (χ0n) is 10.6. The van der Waals surface area contributed by atoms with Crippen molar-refractivity contribution in [1.29, 1.82) is 0 Å². The summed E-state index contributed by atoms with van der Waals surface area (Å²) in [5.41, 5.74) is 2.63. The van der Waals surface area contributed by atoms with Crippen molar-refractivity contribution in [3.8, 4) is 11.4 Å². The van der Waals surface area contributed by atoms with Gasteiger partial charge in [0.2, 0.25) is 5.82 Å². The van der Waals surface area contributed by atoms with E-state index >= 15 is 0 Å². The van der Waals surface area contributed by atoms with Gasteiger partial charge < -0.3 is 4.84 Å². The molecule has 0 aromatic carbocycles. The lowest BCUT2D eigenvalue weighted by atomic mass is 10.2. The molecule has 10 heteroatoms. The molecule has 0 amide bonds. The number of carbonyl (C=O) groups excluding carboxylic acids is 1. The summed E-state index contributed by atoms with van der Waals surface area (Å²) < 4.78 is 0. The molecule has 20 heavy (non-hydrogen) atoms. The van der Waals surface area contributed by atoms with Gasteiger partial charge in [0.25, 0.3) is 0 Å². The van der Waals surface area contributed by atoms with Gasteiger partial charge in [-0.3, -0.25) is 14.9 Å². The largest absolute Gasteiger partial charge is 0.342 e. The summed E-state index contributed by atoms with van der Waals surface area (Å²) in [7, 11) is 1.63. The van der Waals surface area contributed by atoms with Crippen LogP contribution in [0.2, 0.25) is 0 Å².